The number of hydrogen-bond donors (Lipinski definition) is 0. The zero-order chi connectivity index (χ0) is 16.8. The lowest BCUT2D eigenvalue weighted by Gasteiger charge is -2.46. The summed E-state index contributed by atoms with van der Waals surface area (Å²) < 4.78 is 0. The molecule has 1 amide bonds. The number of hydrogen-bond acceptors (Lipinski definition) is 4. The van der Waals surface area contributed by atoms with Gasteiger partial charge in [-0.25, -0.2) is 0 Å². The standard InChI is InChI=1S/C18H24N2O3/c1-13-12-20(23-4)11-10-18(13)15(21)17(2,16(22)19(18)3)14-8-6-5-7-9-14/h5-9,13H,10-12H2,1-4H3. The molecule has 0 aromatic heterocycles. The van der Waals surface area contributed by atoms with Gasteiger partial charge in [-0.1, -0.05) is 37.3 Å². The van der Waals surface area contributed by atoms with Crippen molar-refractivity contribution in [2.75, 3.05) is 27.2 Å². The van der Waals surface area contributed by atoms with Crippen LogP contribution < -0.4 is 0 Å². The van der Waals surface area contributed by atoms with E-state index in [9.17, 15) is 9.59 Å². The number of carbonyl (C=O) groups is 2. The van der Waals surface area contributed by atoms with Gasteiger partial charge in [-0.15, -0.1) is 0 Å². The second-order valence-corrected chi connectivity index (χ2v) is 6.83. The van der Waals surface area contributed by atoms with Crippen molar-refractivity contribution >= 4 is 11.7 Å². The van der Waals surface area contributed by atoms with E-state index in [1.54, 1.807) is 26.0 Å². The fraction of sp³-hybridized carbons (Fsp3) is 0.556. The summed E-state index contributed by atoms with van der Waals surface area (Å²) in [5.41, 5.74) is -1.06. The summed E-state index contributed by atoms with van der Waals surface area (Å²) in [6.07, 6.45) is 0.603. The highest BCUT2D eigenvalue weighted by molar-refractivity contribution is 6.21. The Kier molecular flexibility index (Phi) is 3.81. The van der Waals surface area contributed by atoms with E-state index >= 15 is 0 Å². The molecule has 3 rings (SSSR count). The first kappa shape index (κ1) is 16.1. The maximum absolute atomic E-state index is 13.5. The van der Waals surface area contributed by atoms with Crippen molar-refractivity contribution in [1.82, 2.24) is 9.96 Å². The van der Waals surface area contributed by atoms with Crippen LogP contribution in [0.1, 0.15) is 25.8 Å². The normalized spacial score (nSPS) is 35.3. The number of likely N-dealkylation sites (N-methyl/N-ethyl adjacent to an activating group) is 1. The molecule has 3 unspecified atom stereocenters. The minimum atomic E-state index is -1.10. The minimum Gasteiger partial charge on any atom is -0.331 e. The van der Waals surface area contributed by atoms with E-state index in [1.165, 1.54) is 0 Å². The van der Waals surface area contributed by atoms with Gasteiger partial charge in [0.1, 0.15) is 11.0 Å². The van der Waals surface area contributed by atoms with E-state index in [0.717, 1.165) is 5.56 Å². The molecule has 0 bridgehead atoms. The molecule has 0 saturated carbocycles. The number of hydroxylamine groups is 2. The number of carbonyl (C=O) groups excluding carboxylic acids is 2. The fourth-order valence-corrected chi connectivity index (χ4v) is 4.32. The van der Waals surface area contributed by atoms with Gasteiger partial charge < -0.3 is 9.74 Å². The van der Waals surface area contributed by atoms with Crippen LogP contribution in [0.2, 0.25) is 0 Å². The number of Topliss-reactive ketones (excluding diaryl/α,β-unsaturated/α-hetero) is 1. The van der Waals surface area contributed by atoms with Crippen LogP contribution in [0, 0.1) is 5.92 Å². The molecule has 23 heavy (non-hydrogen) atoms. The quantitative estimate of drug-likeness (QED) is 0.778. The molecule has 2 aliphatic heterocycles. The summed E-state index contributed by atoms with van der Waals surface area (Å²) in [4.78, 5) is 33.6. The van der Waals surface area contributed by atoms with Crippen LogP contribution in [0.4, 0.5) is 0 Å². The van der Waals surface area contributed by atoms with Crippen LogP contribution in [0.15, 0.2) is 30.3 Å². The van der Waals surface area contributed by atoms with Crippen molar-refractivity contribution < 1.29 is 14.4 Å². The summed E-state index contributed by atoms with van der Waals surface area (Å²) in [6.45, 7) is 5.09. The van der Waals surface area contributed by atoms with Gasteiger partial charge in [0, 0.05) is 26.1 Å². The number of amides is 1. The van der Waals surface area contributed by atoms with Crippen LogP contribution in [-0.4, -0.2) is 54.4 Å². The Morgan fingerprint density at radius 1 is 1.22 bits per heavy atom. The number of benzene rings is 1. The molecule has 2 heterocycles. The van der Waals surface area contributed by atoms with Gasteiger partial charge in [-0.3, -0.25) is 9.59 Å². The molecule has 2 aliphatic rings. The Balaban J connectivity index is 2.06. The van der Waals surface area contributed by atoms with Crippen molar-refractivity contribution in [1.29, 1.82) is 0 Å². The summed E-state index contributed by atoms with van der Waals surface area (Å²) in [6, 6.07) is 9.40. The largest absolute Gasteiger partial charge is 0.331 e. The average molecular weight is 316 g/mol. The molecule has 2 fully saturated rings. The third kappa shape index (κ3) is 2.00. The maximum Gasteiger partial charge on any atom is 0.241 e. The lowest BCUT2D eigenvalue weighted by Crippen LogP contribution is -2.60. The van der Waals surface area contributed by atoms with Crippen LogP contribution in [0.3, 0.4) is 0 Å². The monoisotopic (exact) mass is 316 g/mol. The zero-order valence-corrected chi connectivity index (χ0v) is 14.2. The van der Waals surface area contributed by atoms with E-state index < -0.39 is 11.0 Å². The molecule has 0 N–H and O–H groups in total. The van der Waals surface area contributed by atoms with E-state index in [1.807, 2.05) is 42.3 Å². The first-order valence-corrected chi connectivity index (χ1v) is 8.06. The highest BCUT2D eigenvalue weighted by Crippen LogP contribution is 2.47. The Labute approximate surface area is 137 Å². The molecular weight excluding hydrogens is 292 g/mol. The summed E-state index contributed by atoms with van der Waals surface area (Å²) >= 11 is 0. The van der Waals surface area contributed by atoms with Gasteiger partial charge in [0.2, 0.25) is 5.91 Å². The Hall–Kier alpha value is -1.72. The molecule has 2 saturated heterocycles. The second kappa shape index (κ2) is 5.42. The highest BCUT2D eigenvalue weighted by atomic mass is 16.7. The van der Waals surface area contributed by atoms with E-state index in [4.69, 9.17) is 4.84 Å². The van der Waals surface area contributed by atoms with Gasteiger partial charge in [-0.05, 0) is 18.9 Å². The fourth-order valence-electron chi connectivity index (χ4n) is 4.32. The first-order chi connectivity index (χ1) is 10.9. The summed E-state index contributed by atoms with van der Waals surface area (Å²) in [5, 5.41) is 1.86. The SMILES string of the molecule is CON1CCC2(C(=O)C(C)(c3ccccc3)C(=O)N2C)C(C)C1. The van der Waals surface area contributed by atoms with Crippen LogP contribution in [0.25, 0.3) is 0 Å². The minimum absolute atomic E-state index is 0.0168. The van der Waals surface area contributed by atoms with Crippen LogP contribution in [-0.2, 0) is 19.8 Å². The van der Waals surface area contributed by atoms with Crippen molar-refractivity contribution in [2.45, 2.75) is 31.2 Å². The van der Waals surface area contributed by atoms with Crippen LogP contribution in [0.5, 0.6) is 0 Å². The summed E-state index contributed by atoms with van der Waals surface area (Å²) in [5.74, 6) is -0.0680. The highest BCUT2D eigenvalue weighted by Gasteiger charge is 2.66. The molecule has 5 nitrogen and oxygen atoms in total. The Morgan fingerprint density at radius 3 is 2.43 bits per heavy atom. The lowest BCUT2D eigenvalue weighted by molar-refractivity contribution is -0.179. The van der Waals surface area contributed by atoms with Crippen molar-refractivity contribution in [2.24, 2.45) is 5.92 Å². The molecule has 1 aromatic rings. The van der Waals surface area contributed by atoms with Gasteiger partial charge in [-0.2, -0.15) is 5.06 Å². The Bertz CT molecular complexity index is 632. The first-order valence-electron chi connectivity index (χ1n) is 8.06. The van der Waals surface area contributed by atoms with E-state index in [2.05, 4.69) is 0 Å². The molecule has 1 aromatic carbocycles. The lowest BCUT2D eigenvalue weighted by atomic mass is 9.69. The maximum atomic E-state index is 13.5. The average Bonchev–Trinajstić information content (AvgIpc) is 2.73. The molecule has 0 radical (unpaired) electrons. The van der Waals surface area contributed by atoms with E-state index in [0.29, 0.717) is 19.5 Å². The number of piperidine rings is 1. The molecule has 124 valence electrons. The molecule has 3 atom stereocenters. The molecule has 1 spiro atoms. The molecule has 5 heteroatoms. The molecule has 0 aliphatic carbocycles. The smallest absolute Gasteiger partial charge is 0.241 e. The second-order valence-electron chi connectivity index (χ2n) is 6.83. The van der Waals surface area contributed by atoms with Gasteiger partial charge in [0.05, 0.1) is 7.11 Å². The number of rotatable bonds is 2. The van der Waals surface area contributed by atoms with Gasteiger partial charge >= 0.3 is 0 Å². The van der Waals surface area contributed by atoms with Crippen molar-refractivity contribution in [3.63, 3.8) is 0 Å². The van der Waals surface area contributed by atoms with Gasteiger partial charge in [0.25, 0.3) is 0 Å². The zero-order valence-electron chi connectivity index (χ0n) is 14.2. The van der Waals surface area contributed by atoms with Gasteiger partial charge in [0.15, 0.2) is 5.78 Å². The predicted molar refractivity (Wildman–Crippen MR) is 86.7 cm³/mol. The predicted octanol–water partition coefficient (Wildman–Crippen LogP) is 1.63. The number of nitrogens with zero attached hydrogens (tertiary/aromatic N) is 2. The van der Waals surface area contributed by atoms with Crippen molar-refractivity contribution in [3.05, 3.63) is 35.9 Å². The number of likely N-dealkylation sites (tertiary alicyclic amines) is 1. The van der Waals surface area contributed by atoms with Crippen molar-refractivity contribution in [3.8, 4) is 0 Å². The number of ketones is 1. The topological polar surface area (TPSA) is 49.9 Å². The van der Waals surface area contributed by atoms with E-state index in [-0.39, 0.29) is 17.6 Å². The third-order valence-corrected chi connectivity index (χ3v) is 5.82. The Morgan fingerprint density at radius 2 is 1.87 bits per heavy atom. The summed E-state index contributed by atoms with van der Waals surface area (Å²) in [7, 11) is 3.41. The third-order valence-electron chi connectivity index (χ3n) is 5.82. The van der Waals surface area contributed by atoms with Crippen LogP contribution >= 0.6 is 0 Å². The molecular formula is C18H24N2O3.